The Morgan fingerprint density at radius 1 is 1.11 bits per heavy atom. The zero-order chi connectivity index (χ0) is 6.43. The maximum absolute atomic E-state index is 12.5. The van der Waals surface area contributed by atoms with E-state index in [9.17, 15) is 8.78 Å². The van der Waals surface area contributed by atoms with Crippen LogP contribution in [0.5, 0.6) is 0 Å². The van der Waals surface area contributed by atoms with Crippen molar-refractivity contribution in [1.29, 1.82) is 0 Å². The molecule has 9 heavy (non-hydrogen) atoms. The van der Waals surface area contributed by atoms with Crippen molar-refractivity contribution in [2.75, 3.05) is 0 Å². The van der Waals surface area contributed by atoms with E-state index in [-0.39, 0.29) is 11.8 Å². The molecule has 0 aromatic heterocycles. The van der Waals surface area contributed by atoms with Crippen LogP contribution < -0.4 is 0 Å². The van der Waals surface area contributed by atoms with Crippen molar-refractivity contribution in [3.05, 3.63) is 23.8 Å². The van der Waals surface area contributed by atoms with Gasteiger partial charge in [0.15, 0.2) is 0 Å². The van der Waals surface area contributed by atoms with Crippen molar-refractivity contribution in [3.8, 4) is 0 Å². The molecular formula is C7H6F2. The van der Waals surface area contributed by atoms with Gasteiger partial charge in [-0.05, 0) is 6.42 Å². The van der Waals surface area contributed by atoms with E-state index < -0.39 is 11.7 Å². The number of halogens is 2. The van der Waals surface area contributed by atoms with Gasteiger partial charge < -0.3 is 0 Å². The Balaban J connectivity index is 2.41. The van der Waals surface area contributed by atoms with Crippen LogP contribution in [0.4, 0.5) is 8.78 Å². The van der Waals surface area contributed by atoms with E-state index in [0.29, 0.717) is 6.42 Å². The van der Waals surface area contributed by atoms with E-state index in [4.69, 9.17) is 0 Å². The van der Waals surface area contributed by atoms with Crippen molar-refractivity contribution >= 4 is 0 Å². The van der Waals surface area contributed by atoms with E-state index in [1.165, 1.54) is 0 Å². The van der Waals surface area contributed by atoms with E-state index in [2.05, 4.69) is 0 Å². The van der Waals surface area contributed by atoms with Gasteiger partial charge in [-0.25, -0.2) is 8.78 Å². The first-order valence-corrected chi connectivity index (χ1v) is 3.02. The van der Waals surface area contributed by atoms with Gasteiger partial charge in [0.1, 0.15) is 11.7 Å². The molecule has 0 aliphatic heterocycles. The maximum Gasteiger partial charge on any atom is 0.139 e. The van der Waals surface area contributed by atoms with Crippen LogP contribution in [0.1, 0.15) is 6.42 Å². The Hall–Kier alpha value is -0.660. The highest BCUT2D eigenvalue weighted by Crippen LogP contribution is 2.44. The fraction of sp³-hybridized carbons (Fsp3) is 0.429. The van der Waals surface area contributed by atoms with E-state index in [0.717, 1.165) is 0 Å². The first-order chi connectivity index (χ1) is 4.29. The average Bonchev–Trinajstić information content (AvgIpc) is 2.37. The second-order valence-corrected chi connectivity index (χ2v) is 2.53. The Morgan fingerprint density at radius 2 is 1.56 bits per heavy atom. The number of hydrogen-bond acceptors (Lipinski definition) is 0. The molecule has 48 valence electrons. The zero-order valence-electron chi connectivity index (χ0n) is 4.77. The van der Waals surface area contributed by atoms with Gasteiger partial charge in [-0.1, -0.05) is 12.2 Å². The Bertz CT molecular complexity index is 183. The number of allylic oxidation sites excluding steroid dienone is 4. The minimum absolute atomic E-state index is 0.227. The smallest absolute Gasteiger partial charge is 0.139 e. The van der Waals surface area contributed by atoms with E-state index in [1.54, 1.807) is 12.2 Å². The van der Waals surface area contributed by atoms with Crippen LogP contribution >= 0.6 is 0 Å². The molecule has 2 aliphatic carbocycles. The molecule has 0 spiro atoms. The van der Waals surface area contributed by atoms with Crippen molar-refractivity contribution in [1.82, 2.24) is 0 Å². The third kappa shape index (κ3) is 0.506. The van der Waals surface area contributed by atoms with E-state index in [1.807, 2.05) is 0 Å². The Kier molecular flexibility index (Phi) is 0.821. The lowest BCUT2D eigenvalue weighted by molar-refractivity contribution is 0.499. The number of fused-ring (bicyclic) bond motifs is 2. The molecule has 0 nitrogen and oxygen atoms in total. The van der Waals surface area contributed by atoms with Crippen LogP contribution in [-0.2, 0) is 0 Å². The maximum atomic E-state index is 12.5. The predicted octanol–water partition coefficient (Wildman–Crippen LogP) is 2.34. The molecule has 0 radical (unpaired) electrons. The molecule has 0 saturated heterocycles. The lowest BCUT2D eigenvalue weighted by Crippen LogP contribution is -1.88. The molecule has 0 heterocycles. The van der Waals surface area contributed by atoms with Gasteiger partial charge in [0.2, 0.25) is 0 Å². The van der Waals surface area contributed by atoms with Crippen LogP contribution in [-0.4, -0.2) is 0 Å². The van der Waals surface area contributed by atoms with Gasteiger partial charge in [-0.2, -0.15) is 0 Å². The van der Waals surface area contributed by atoms with Crippen LogP contribution in [0.2, 0.25) is 0 Å². The molecule has 0 amide bonds. The topological polar surface area (TPSA) is 0 Å². The minimum Gasteiger partial charge on any atom is -0.208 e. The first kappa shape index (κ1) is 5.15. The van der Waals surface area contributed by atoms with Crippen molar-refractivity contribution in [2.45, 2.75) is 6.42 Å². The number of hydrogen-bond donors (Lipinski definition) is 0. The Labute approximate surface area is 51.9 Å². The molecule has 2 atom stereocenters. The molecule has 2 unspecified atom stereocenters. The van der Waals surface area contributed by atoms with Crippen LogP contribution in [0.3, 0.4) is 0 Å². The molecule has 0 aromatic rings. The summed E-state index contributed by atoms with van der Waals surface area (Å²) in [5.74, 6) is -1.53. The van der Waals surface area contributed by atoms with E-state index >= 15 is 0 Å². The third-order valence-corrected chi connectivity index (χ3v) is 1.96. The molecule has 2 rings (SSSR count). The van der Waals surface area contributed by atoms with Gasteiger partial charge in [0, 0.05) is 11.8 Å². The normalized spacial score (nSPS) is 38.9. The molecule has 2 bridgehead atoms. The molecule has 0 N–H and O–H groups in total. The lowest BCUT2D eigenvalue weighted by atomic mass is 10.1. The summed E-state index contributed by atoms with van der Waals surface area (Å²) < 4.78 is 24.9. The zero-order valence-corrected chi connectivity index (χ0v) is 4.77. The second-order valence-electron chi connectivity index (χ2n) is 2.53. The highest BCUT2D eigenvalue weighted by atomic mass is 19.2. The van der Waals surface area contributed by atoms with Gasteiger partial charge in [0.05, 0.1) is 0 Å². The largest absolute Gasteiger partial charge is 0.208 e. The first-order valence-electron chi connectivity index (χ1n) is 3.02. The van der Waals surface area contributed by atoms with Crippen molar-refractivity contribution in [3.63, 3.8) is 0 Å². The summed E-state index contributed by atoms with van der Waals surface area (Å²) in [5, 5.41) is 0. The summed E-state index contributed by atoms with van der Waals surface area (Å²) in [4.78, 5) is 0. The summed E-state index contributed by atoms with van der Waals surface area (Å²) in [7, 11) is 0. The fourth-order valence-corrected chi connectivity index (χ4v) is 1.43. The highest BCUT2D eigenvalue weighted by Gasteiger charge is 2.36. The van der Waals surface area contributed by atoms with Crippen LogP contribution in [0.25, 0.3) is 0 Å². The fourth-order valence-electron chi connectivity index (χ4n) is 1.43. The summed E-state index contributed by atoms with van der Waals surface area (Å²) in [6.07, 6.45) is 4.10. The van der Waals surface area contributed by atoms with Crippen LogP contribution in [0, 0.1) is 11.8 Å². The van der Waals surface area contributed by atoms with Gasteiger partial charge in [-0.15, -0.1) is 0 Å². The number of rotatable bonds is 0. The lowest BCUT2D eigenvalue weighted by Gasteiger charge is -1.98. The summed E-state index contributed by atoms with van der Waals surface area (Å²) in [6.45, 7) is 0. The van der Waals surface area contributed by atoms with Crippen molar-refractivity contribution in [2.24, 2.45) is 11.8 Å². The summed E-state index contributed by atoms with van der Waals surface area (Å²) >= 11 is 0. The molecule has 0 saturated carbocycles. The molecule has 2 aliphatic rings. The third-order valence-electron chi connectivity index (χ3n) is 1.96. The van der Waals surface area contributed by atoms with Gasteiger partial charge >= 0.3 is 0 Å². The summed E-state index contributed by atoms with van der Waals surface area (Å²) in [5.41, 5.74) is 0. The Morgan fingerprint density at radius 3 is 1.78 bits per heavy atom. The predicted molar refractivity (Wildman–Crippen MR) is 30.0 cm³/mol. The molecule has 0 fully saturated rings. The standard InChI is InChI=1S/C7H6F2/c8-6-4-1-2-5(3-4)7(6)9/h1-2,4-5H,3H2. The summed E-state index contributed by atoms with van der Waals surface area (Å²) in [6, 6.07) is 0. The molecule has 0 aromatic carbocycles. The average molecular weight is 128 g/mol. The van der Waals surface area contributed by atoms with Crippen LogP contribution in [0.15, 0.2) is 23.8 Å². The SMILES string of the molecule is FC1=C(F)C2C=CC1C2. The van der Waals surface area contributed by atoms with Crippen molar-refractivity contribution < 1.29 is 8.78 Å². The quantitative estimate of drug-likeness (QED) is 0.439. The van der Waals surface area contributed by atoms with Gasteiger partial charge in [0.25, 0.3) is 0 Å². The molecular weight excluding hydrogens is 122 g/mol. The molecule has 2 heteroatoms. The highest BCUT2D eigenvalue weighted by molar-refractivity contribution is 5.29. The second kappa shape index (κ2) is 1.43. The van der Waals surface area contributed by atoms with Gasteiger partial charge in [-0.3, -0.25) is 0 Å². The monoisotopic (exact) mass is 128 g/mol. The minimum atomic E-state index is -0.539.